The van der Waals surface area contributed by atoms with Crippen molar-refractivity contribution in [3.8, 4) is 28.9 Å². The number of fused-ring (bicyclic) bond motifs is 1. The van der Waals surface area contributed by atoms with Crippen molar-refractivity contribution in [3.63, 3.8) is 0 Å². The van der Waals surface area contributed by atoms with Crippen molar-refractivity contribution in [2.24, 2.45) is 0 Å². The van der Waals surface area contributed by atoms with Crippen LogP contribution in [-0.4, -0.2) is 45.3 Å². The molecule has 1 aliphatic rings. The van der Waals surface area contributed by atoms with E-state index in [1.54, 1.807) is 12.1 Å². The number of halogens is 3. The highest BCUT2D eigenvalue weighted by atomic mass is 35.5. The van der Waals surface area contributed by atoms with Gasteiger partial charge in [-0.25, -0.2) is 8.78 Å². The van der Waals surface area contributed by atoms with Crippen LogP contribution in [0.2, 0.25) is 5.02 Å². The van der Waals surface area contributed by atoms with Crippen LogP contribution in [0.15, 0.2) is 42.5 Å². The maximum absolute atomic E-state index is 14.1. The predicted octanol–water partition coefficient (Wildman–Crippen LogP) is 5.27. The molecule has 1 aliphatic heterocycles. The van der Waals surface area contributed by atoms with Gasteiger partial charge in [0.25, 0.3) is 0 Å². The van der Waals surface area contributed by atoms with E-state index in [1.165, 1.54) is 0 Å². The number of benzene rings is 2. The van der Waals surface area contributed by atoms with Crippen molar-refractivity contribution in [1.82, 2.24) is 20.2 Å². The largest absolute Gasteiger partial charge is 0.474 e. The molecule has 11 heteroatoms. The zero-order valence-electron chi connectivity index (χ0n) is 18.1. The second-order valence-electron chi connectivity index (χ2n) is 8.03. The SMILES string of the molecule is CC1(C)OCC(COc2nc(Oc3ccc(F)cc3F)nc3n[nH]c(-c4ccccc4Cl)c23)O1. The molecule has 1 unspecified atom stereocenters. The highest BCUT2D eigenvalue weighted by molar-refractivity contribution is 6.33. The van der Waals surface area contributed by atoms with Gasteiger partial charge in [0, 0.05) is 16.7 Å². The summed E-state index contributed by atoms with van der Waals surface area (Å²) in [4.78, 5) is 8.59. The Kier molecular flexibility index (Phi) is 5.80. The van der Waals surface area contributed by atoms with Crippen LogP contribution >= 0.6 is 11.6 Å². The lowest BCUT2D eigenvalue weighted by Crippen LogP contribution is -2.25. The molecule has 176 valence electrons. The maximum Gasteiger partial charge on any atom is 0.327 e. The first-order valence-corrected chi connectivity index (χ1v) is 10.8. The number of nitrogens with zero attached hydrogens (tertiary/aromatic N) is 3. The van der Waals surface area contributed by atoms with E-state index in [2.05, 4.69) is 20.2 Å². The molecule has 8 nitrogen and oxygen atoms in total. The van der Waals surface area contributed by atoms with Gasteiger partial charge >= 0.3 is 6.01 Å². The summed E-state index contributed by atoms with van der Waals surface area (Å²) in [5.74, 6) is -2.48. The highest BCUT2D eigenvalue weighted by Crippen LogP contribution is 2.37. The van der Waals surface area contributed by atoms with Gasteiger partial charge in [-0.1, -0.05) is 29.8 Å². The van der Waals surface area contributed by atoms with Crippen molar-refractivity contribution in [2.75, 3.05) is 13.2 Å². The second kappa shape index (κ2) is 8.79. The first kappa shape index (κ1) is 22.5. The Bertz CT molecular complexity index is 1360. The summed E-state index contributed by atoms with van der Waals surface area (Å²) in [5.41, 5.74) is 1.42. The minimum atomic E-state index is -0.899. The number of aromatic nitrogens is 4. The number of H-pyrrole nitrogens is 1. The Morgan fingerprint density at radius 1 is 1.18 bits per heavy atom. The minimum absolute atomic E-state index is 0.118. The molecule has 0 saturated carbocycles. The molecule has 4 aromatic rings. The third-order valence-electron chi connectivity index (χ3n) is 5.07. The highest BCUT2D eigenvalue weighted by Gasteiger charge is 2.33. The van der Waals surface area contributed by atoms with Crippen molar-refractivity contribution in [2.45, 2.75) is 25.7 Å². The van der Waals surface area contributed by atoms with Crippen LogP contribution in [0.4, 0.5) is 8.78 Å². The molecule has 0 spiro atoms. The lowest BCUT2D eigenvalue weighted by Gasteiger charge is -2.17. The number of hydrogen-bond acceptors (Lipinski definition) is 7. The van der Waals surface area contributed by atoms with Gasteiger partial charge in [0.2, 0.25) is 5.88 Å². The zero-order chi connectivity index (χ0) is 23.9. The van der Waals surface area contributed by atoms with E-state index in [4.69, 9.17) is 30.5 Å². The number of ether oxygens (including phenoxy) is 4. The summed E-state index contributed by atoms with van der Waals surface area (Å²) in [6.07, 6.45) is -0.338. The Hall–Kier alpha value is -3.34. The fraction of sp³-hybridized carbons (Fsp3) is 0.261. The number of nitrogens with one attached hydrogen (secondary N) is 1. The molecule has 0 aliphatic carbocycles. The van der Waals surface area contributed by atoms with Gasteiger partial charge in [0.1, 0.15) is 23.9 Å². The number of aromatic amines is 1. The van der Waals surface area contributed by atoms with Crippen LogP contribution in [0.25, 0.3) is 22.3 Å². The molecule has 1 atom stereocenters. The van der Waals surface area contributed by atoms with E-state index >= 15 is 0 Å². The zero-order valence-corrected chi connectivity index (χ0v) is 18.9. The molecular formula is C23H19ClF2N4O4. The summed E-state index contributed by atoms with van der Waals surface area (Å²) in [5, 5.41) is 8.09. The molecular weight excluding hydrogens is 470 g/mol. The Morgan fingerprint density at radius 2 is 2.00 bits per heavy atom. The fourth-order valence-electron chi connectivity index (χ4n) is 3.56. The van der Waals surface area contributed by atoms with Gasteiger partial charge in [-0.3, -0.25) is 5.10 Å². The molecule has 2 aromatic carbocycles. The molecule has 0 amide bonds. The quantitative estimate of drug-likeness (QED) is 0.395. The number of hydrogen-bond donors (Lipinski definition) is 1. The van der Waals surface area contributed by atoms with Gasteiger partial charge < -0.3 is 18.9 Å². The summed E-state index contributed by atoms with van der Waals surface area (Å²) in [7, 11) is 0. The predicted molar refractivity (Wildman–Crippen MR) is 119 cm³/mol. The van der Waals surface area contributed by atoms with Crippen LogP contribution in [0.5, 0.6) is 17.6 Å². The van der Waals surface area contributed by atoms with Crippen LogP contribution in [0, 0.1) is 11.6 Å². The van der Waals surface area contributed by atoms with Gasteiger partial charge in [-0.05, 0) is 32.0 Å². The van der Waals surface area contributed by atoms with Crippen molar-refractivity contribution < 1.29 is 27.7 Å². The molecule has 0 bridgehead atoms. The first-order chi connectivity index (χ1) is 16.3. The molecule has 1 fully saturated rings. The smallest absolute Gasteiger partial charge is 0.327 e. The molecule has 0 radical (unpaired) electrons. The van der Waals surface area contributed by atoms with E-state index in [0.717, 1.165) is 12.1 Å². The van der Waals surface area contributed by atoms with Gasteiger partial charge in [-0.15, -0.1) is 0 Å². The summed E-state index contributed by atoms with van der Waals surface area (Å²) in [6.45, 7) is 4.08. The maximum atomic E-state index is 14.1. The lowest BCUT2D eigenvalue weighted by atomic mass is 10.1. The molecule has 1 N–H and O–H groups in total. The molecule has 5 rings (SSSR count). The Balaban J connectivity index is 1.54. The van der Waals surface area contributed by atoms with Crippen LogP contribution in [-0.2, 0) is 9.47 Å². The van der Waals surface area contributed by atoms with Crippen LogP contribution in [0.3, 0.4) is 0 Å². The normalized spacial score (nSPS) is 17.3. The van der Waals surface area contributed by atoms with E-state index < -0.39 is 17.4 Å². The molecule has 3 heterocycles. The van der Waals surface area contributed by atoms with Crippen LogP contribution in [0.1, 0.15) is 13.8 Å². The van der Waals surface area contributed by atoms with E-state index in [-0.39, 0.29) is 36.0 Å². The van der Waals surface area contributed by atoms with E-state index in [9.17, 15) is 8.78 Å². The average Bonchev–Trinajstić information content (AvgIpc) is 3.37. The lowest BCUT2D eigenvalue weighted by molar-refractivity contribution is -0.141. The third kappa shape index (κ3) is 4.52. The van der Waals surface area contributed by atoms with Crippen molar-refractivity contribution in [1.29, 1.82) is 0 Å². The monoisotopic (exact) mass is 488 g/mol. The summed E-state index contributed by atoms with van der Waals surface area (Å²) < 4.78 is 50.2. The standard InChI is InChI=1S/C23H19ClF2N4O4/c1-23(2)32-11-13(34-23)10-31-21-18-19(14-5-3-4-6-15(14)24)29-30-20(18)27-22(28-21)33-17-8-7-12(25)9-16(17)26/h3-9,13H,10-11H2,1-2H3,(H,27,28,29,30). The summed E-state index contributed by atoms with van der Waals surface area (Å²) >= 11 is 6.39. The third-order valence-corrected chi connectivity index (χ3v) is 5.40. The van der Waals surface area contributed by atoms with Crippen molar-refractivity contribution >= 4 is 22.6 Å². The second-order valence-corrected chi connectivity index (χ2v) is 8.43. The summed E-state index contributed by atoms with van der Waals surface area (Å²) in [6, 6.07) is 9.88. The minimum Gasteiger partial charge on any atom is -0.474 e. The van der Waals surface area contributed by atoms with E-state index in [0.29, 0.717) is 34.3 Å². The molecule has 34 heavy (non-hydrogen) atoms. The van der Waals surface area contributed by atoms with Crippen molar-refractivity contribution in [3.05, 3.63) is 59.1 Å². The van der Waals surface area contributed by atoms with E-state index in [1.807, 2.05) is 26.0 Å². The van der Waals surface area contributed by atoms with Gasteiger partial charge in [-0.2, -0.15) is 15.1 Å². The Labute approximate surface area is 197 Å². The van der Waals surface area contributed by atoms with Gasteiger partial charge in [0.15, 0.2) is 23.0 Å². The Morgan fingerprint density at radius 3 is 2.74 bits per heavy atom. The topological polar surface area (TPSA) is 91.4 Å². The molecule has 2 aromatic heterocycles. The fourth-order valence-corrected chi connectivity index (χ4v) is 3.79. The van der Waals surface area contributed by atoms with Crippen LogP contribution < -0.4 is 9.47 Å². The first-order valence-electron chi connectivity index (χ1n) is 10.4. The molecule has 1 saturated heterocycles. The van der Waals surface area contributed by atoms with Gasteiger partial charge in [0.05, 0.1) is 12.3 Å². The average molecular weight is 489 g/mol. The number of rotatable bonds is 6.